The van der Waals surface area contributed by atoms with Gasteiger partial charge in [0, 0.05) is 6.54 Å². The first-order valence-corrected chi connectivity index (χ1v) is 8.45. The molecule has 0 aromatic heterocycles. The van der Waals surface area contributed by atoms with Gasteiger partial charge in [0.2, 0.25) is 10.0 Å². The van der Waals surface area contributed by atoms with E-state index in [-0.39, 0.29) is 23.6 Å². The Morgan fingerprint density at radius 2 is 2.14 bits per heavy atom. The molecule has 0 amide bonds. The zero-order valence-electron chi connectivity index (χ0n) is 12.5. The number of carboxylic acids is 1. The van der Waals surface area contributed by atoms with Gasteiger partial charge in [-0.3, -0.25) is 4.79 Å². The summed E-state index contributed by atoms with van der Waals surface area (Å²) in [4.78, 5) is 11.4. The van der Waals surface area contributed by atoms with Crippen molar-refractivity contribution in [3.05, 3.63) is 35.9 Å². The zero-order chi connectivity index (χ0) is 16.3. The maximum Gasteiger partial charge on any atom is 0.322 e. The van der Waals surface area contributed by atoms with Gasteiger partial charge in [-0.05, 0) is 38.0 Å². The Bertz CT molecular complexity index is 696. The van der Waals surface area contributed by atoms with E-state index in [4.69, 9.17) is 4.74 Å². The maximum absolute atomic E-state index is 12.9. The second-order valence-corrected chi connectivity index (χ2v) is 6.88. The lowest BCUT2D eigenvalue weighted by Crippen LogP contribution is -2.46. The molecular weight excluding hydrogens is 306 g/mol. The molecule has 7 heteroatoms. The van der Waals surface area contributed by atoms with E-state index in [1.54, 1.807) is 38.1 Å². The van der Waals surface area contributed by atoms with E-state index >= 15 is 0 Å². The van der Waals surface area contributed by atoms with Crippen LogP contribution in [0.25, 0.3) is 0 Å². The van der Waals surface area contributed by atoms with Crippen LogP contribution in [0.4, 0.5) is 0 Å². The van der Waals surface area contributed by atoms with Crippen LogP contribution >= 0.6 is 0 Å². The van der Waals surface area contributed by atoms with Crippen LogP contribution in [0, 0.1) is 6.92 Å². The van der Waals surface area contributed by atoms with Gasteiger partial charge in [-0.25, -0.2) is 8.42 Å². The van der Waals surface area contributed by atoms with Gasteiger partial charge in [0.1, 0.15) is 16.7 Å². The van der Waals surface area contributed by atoms with Crippen LogP contribution in [0.2, 0.25) is 0 Å². The number of carbonyl (C=O) groups is 1. The van der Waals surface area contributed by atoms with Crippen LogP contribution in [-0.2, 0) is 14.8 Å². The summed E-state index contributed by atoms with van der Waals surface area (Å²) in [6.07, 6.45) is 3.50. The predicted molar refractivity (Wildman–Crippen MR) is 81.4 cm³/mol. The predicted octanol–water partition coefficient (Wildman–Crippen LogP) is 1.80. The highest BCUT2D eigenvalue weighted by Crippen LogP contribution is 2.30. The van der Waals surface area contributed by atoms with Gasteiger partial charge in [0.05, 0.1) is 6.61 Å². The molecule has 0 fully saturated rings. The normalized spacial score (nSPS) is 19.1. The van der Waals surface area contributed by atoms with Crippen molar-refractivity contribution in [2.75, 3.05) is 13.2 Å². The highest BCUT2D eigenvalue weighted by Gasteiger charge is 2.37. The van der Waals surface area contributed by atoms with Gasteiger partial charge >= 0.3 is 5.97 Å². The summed E-state index contributed by atoms with van der Waals surface area (Å²) >= 11 is 0. The lowest BCUT2D eigenvalue weighted by molar-refractivity contribution is -0.141. The van der Waals surface area contributed by atoms with Gasteiger partial charge in [0.15, 0.2) is 0 Å². The molecule has 22 heavy (non-hydrogen) atoms. The first kappa shape index (κ1) is 16.5. The molecule has 1 atom stereocenters. The monoisotopic (exact) mass is 325 g/mol. The third-order valence-electron chi connectivity index (χ3n) is 3.43. The molecule has 0 spiro atoms. The average Bonchev–Trinajstić information content (AvgIpc) is 2.49. The van der Waals surface area contributed by atoms with Gasteiger partial charge in [-0.2, -0.15) is 4.31 Å². The van der Waals surface area contributed by atoms with Crippen molar-refractivity contribution < 1.29 is 23.1 Å². The van der Waals surface area contributed by atoms with Gasteiger partial charge in [-0.15, -0.1) is 0 Å². The van der Waals surface area contributed by atoms with Crippen molar-refractivity contribution in [1.29, 1.82) is 0 Å². The van der Waals surface area contributed by atoms with E-state index in [2.05, 4.69) is 0 Å². The largest absolute Gasteiger partial charge is 0.492 e. The molecule has 1 aromatic carbocycles. The number of ether oxygens (including phenoxy) is 1. The fourth-order valence-corrected chi connectivity index (χ4v) is 4.12. The molecule has 6 nitrogen and oxygen atoms in total. The molecule has 0 bridgehead atoms. The van der Waals surface area contributed by atoms with Gasteiger partial charge < -0.3 is 9.84 Å². The summed E-state index contributed by atoms with van der Waals surface area (Å²) in [6.45, 7) is 3.91. The van der Waals surface area contributed by atoms with Gasteiger partial charge in [0.25, 0.3) is 0 Å². The van der Waals surface area contributed by atoms with Gasteiger partial charge in [-0.1, -0.05) is 18.2 Å². The van der Waals surface area contributed by atoms with Crippen molar-refractivity contribution >= 4 is 16.0 Å². The van der Waals surface area contributed by atoms with E-state index < -0.39 is 22.0 Å². The standard InChI is InChI=1S/C15H19NO5S/c1-3-21-13-8-7-11(2)10-14(13)22(19,20)16-9-5-4-6-12(16)15(17)18/h4-5,7-8,10,12H,3,6,9H2,1-2H3,(H,17,18). The fourth-order valence-electron chi connectivity index (χ4n) is 2.36. The van der Waals surface area contributed by atoms with E-state index in [1.165, 1.54) is 6.07 Å². The fraction of sp³-hybridized carbons (Fsp3) is 0.400. The molecule has 0 saturated heterocycles. The van der Waals surface area contributed by atoms with Crippen molar-refractivity contribution in [2.45, 2.75) is 31.2 Å². The Morgan fingerprint density at radius 3 is 2.77 bits per heavy atom. The number of benzene rings is 1. The molecule has 2 rings (SSSR count). The number of aryl methyl sites for hydroxylation is 1. The van der Waals surface area contributed by atoms with Crippen LogP contribution < -0.4 is 4.74 Å². The number of nitrogens with zero attached hydrogens (tertiary/aromatic N) is 1. The zero-order valence-corrected chi connectivity index (χ0v) is 13.3. The van der Waals surface area contributed by atoms with E-state index in [1.807, 2.05) is 0 Å². The first-order valence-electron chi connectivity index (χ1n) is 7.01. The third kappa shape index (κ3) is 3.15. The van der Waals surface area contributed by atoms with Crippen molar-refractivity contribution in [1.82, 2.24) is 4.31 Å². The Kier molecular flexibility index (Phi) is 4.87. The van der Waals surface area contributed by atoms with Crippen molar-refractivity contribution in [3.63, 3.8) is 0 Å². The van der Waals surface area contributed by atoms with Crippen molar-refractivity contribution in [3.8, 4) is 5.75 Å². The lowest BCUT2D eigenvalue weighted by atomic mass is 10.1. The molecule has 1 heterocycles. The highest BCUT2D eigenvalue weighted by molar-refractivity contribution is 7.89. The first-order chi connectivity index (χ1) is 10.4. The minimum Gasteiger partial charge on any atom is -0.492 e. The Morgan fingerprint density at radius 1 is 1.41 bits per heavy atom. The lowest BCUT2D eigenvalue weighted by Gasteiger charge is -2.29. The minimum atomic E-state index is -3.96. The topological polar surface area (TPSA) is 83.9 Å². The van der Waals surface area contributed by atoms with E-state index in [0.717, 1.165) is 9.87 Å². The SMILES string of the molecule is CCOc1ccc(C)cc1S(=O)(=O)N1CC=CCC1C(=O)O. The van der Waals surface area contributed by atoms with Crippen LogP contribution in [0.5, 0.6) is 5.75 Å². The molecular formula is C15H19NO5S. The second-order valence-electron chi connectivity index (χ2n) is 5.02. The third-order valence-corrected chi connectivity index (χ3v) is 5.33. The molecule has 1 N–H and O–H groups in total. The van der Waals surface area contributed by atoms with Crippen molar-refractivity contribution in [2.24, 2.45) is 0 Å². The summed E-state index contributed by atoms with van der Waals surface area (Å²) in [5, 5.41) is 9.27. The highest BCUT2D eigenvalue weighted by atomic mass is 32.2. The van der Waals surface area contributed by atoms with Crippen LogP contribution in [0.1, 0.15) is 18.9 Å². The molecule has 0 saturated carbocycles. The summed E-state index contributed by atoms with van der Waals surface area (Å²) in [5.74, 6) is -0.912. The molecule has 1 aromatic rings. The average molecular weight is 325 g/mol. The van der Waals surface area contributed by atoms with Crippen LogP contribution in [0.3, 0.4) is 0 Å². The molecule has 0 aliphatic carbocycles. The van der Waals surface area contributed by atoms with E-state index in [0.29, 0.717) is 6.61 Å². The number of sulfonamides is 1. The molecule has 1 aliphatic heterocycles. The summed E-state index contributed by atoms with van der Waals surface area (Å²) in [7, 11) is -3.96. The summed E-state index contributed by atoms with van der Waals surface area (Å²) in [6, 6.07) is 3.78. The number of hydrogen-bond donors (Lipinski definition) is 1. The second kappa shape index (κ2) is 6.50. The number of rotatable bonds is 5. The Hall–Kier alpha value is -1.86. The number of aliphatic carboxylic acids is 1. The number of hydrogen-bond acceptors (Lipinski definition) is 4. The summed E-state index contributed by atoms with van der Waals surface area (Å²) in [5.41, 5.74) is 0.765. The number of carboxylic acid groups (broad SMARTS) is 1. The maximum atomic E-state index is 12.9. The molecule has 1 aliphatic rings. The minimum absolute atomic E-state index is 0.0101. The molecule has 0 radical (unpaired) electrons. The quantitative estimate of drug-likeness (QED) is 0.835. The Balaban J connectivity index is 2.52. The smallest absolute Gasteiger partial charge is 0.322 e. The molecule has 120 valence electrons. The van der Waals surface area contributed by atoms with E-state index in [9.17, 15) is 18.3 Å². The summed E-state index contributed by atoms with van der Waals surface area (Å²) < 4.78 is 32.2. The van der Waals surface area contributed by atoms with Crippen LogP contribution in [0.15, 0.2) is 35.2 Å². The Labute approximate surface area is 130 Å². The molecule has 1 unspecified atom stereocenters. The van der Waals surface area contributed by atoms with Crippen LogP contribution in [-0.4, -0.2) is 43.0 Å².